The minimum Gasteiger partial charge on any atom is -0.453 e. The van der Waals surface area contributed by atoms with Gasteiger partial charge < -0.3 is 4.42 Å². The first kappa shape index (κ1) is 14.1. The summed E-state index contributed by atoms with van der Waals surface area (Å²) in [5, 5.41) is 3.56. The maximum Gasteiger partial charge on any atom is 0.162 e. The summed E-state index contributed by atoms with van der Waals surface area (Å²) in [5.41, 5.74) is 6.33. The van der Waals surface area contributed by atoms with Crippen molar-refractivity contribution in [3.8, 4) is 11.3 Å². The lowest BCUT2D eigenvalue weighted by Gasteiger charge is -2.05. The van der Waals surface area contributed by atoms with Crippen LogP contribution < -0.4 is 0 Å². The number of furan rings is 1. The average Bonchev–Trinajstić information content (AvgIpc) is 3.47. The van der Waals surface area contributed by atoms with Crippen molar-refractivity contribution in [2.45, 2.75) is 18.8 Å². The predicted molar refractivity (Wildman–Crippen MR) is 106 cm³/mol. The van der Waals surface area contributed by atoms with Crippen LogP contribution in [0.2, 0.25) is 0 Å². The molecule has 2 nitrogen and oxygen atoms in total. The second-order valence-electron chi connectivity index (χ2n) is 7.15. The van der Waals surface area contributed by atoms with Gasteiger partial charge in [0.25, 0.3) is 0 Å². The smallest absolute Gasteiger partial charge is 0.162 e. The van der Waals surface area contributed by atoms with E-state index in [1.54, 1.807) is 0 Å². The molecule has 2 heterocycles. The molecule has 2 aromatic heterocycles. The van der Waals surface area contributed by atoms with E-state index in [0.717, 1.165) is 33.3 Å². The number of hydrogen-bond donors (Lipinski definition) is 0. The highest BCUT2D eigenvalue weighted by atomic mass is 16.3. The fourth-order valence-electron chi connectivity index (χ4n) is 4.04. The lowest BCUT2D eigenvalue weighted by Crippen LogP contribution is -1.87. The lowest BCUT2D eigenvalue weighted by molar-refractivity contribution is 0.663. The molecule has 0 unspecified atom stereocenters. The number of nitrogens with zero attached hydrogens (tertiary/aromatic N) is 1. The summed E-state index contributed by atoms with van der Waals surface area (Å²) >= 11 is 0. The highest BCUT2D eigenvalue weighted by Gasteiger charge is 2.28. The Morgan fingerprint density at radius 1 is 0.731 bits per heavy atom. The molecule has 6 rings (SSSR count). The summed E-state index contributed by atoms with van der Waals surface area (Å²) in [7, 11) is 0. The molecule has 0 bridgehead atoms. The van der Waals surface area contributed by atoms with Crippen LogP contribution in [0, 0.1) is 0 Å². The highest BCUT2D eigenvalue weighted by Crippen LogP contribution is 2.47. The summed E-state index contributed by atoms with van der Waals surface area (Å²) in [5.74, 6) is 0.652. The van der Waals surface area contributed by atoms with E-state index in [1.807, 2.05) is 12.1 Å². The van der Waals surface area contributed by atoms with Gasteiger partial charge in [0, 0.05) is 21.7 Å². The second kappa shape index (κ2) is 5.18. The van der Waals surface area contributed by atoms with Crippen LogP contribution in [0.3, 0.4) is 0 Å². The van der Waals surface area contributed by atoms with E-state index in [0.29, 0.717) is 5.92 Å². The summed E-state index contributed by atoms with van der Waals surface area (Å²) in [6.45, 7) is 0. The minimum atomic E-state index is 0.652. The van der Waals surface area contributed by atoms with Crippen molar-refractivity contribution < 1.29 is 4.42 Å². The molecule has 124 valence electrons. The molecule has 3 aromatic carbocycles. The molecule has 1 aliphatic carbocycles. The Morgan fingerprint density at radius 2 is 1.50 bits per heavy atom. The largest absolute Gasteiger partial charge is 0.453 e. The van der Waals surface area contributed by atoms with Crippen molar-refractivity contribution in [2.24, 2.45) is 0 Å². The summed E-state index contributed by atoms with van der Waals surface area (Å²) in [6, 6.07) is 25.3. The SMILES string of the molecule is c1ccc(-c2nc3ccccc3c3c2oc2c(C4CC4)cccc23)cc1. The van der Waals surface area contributed by atoms with E-state index in [1.165, 1.54) is 29.2 Å². The van der Waals surface area contributed by atoms with Gasteiger partial charge in [-0.05, 0) is 30.4 Å². The van der Waals surface area contributed by atoms with Crippen LogP contribution in [-0.4, -0.2) is 4.98 Å². The molecular weight excluding hydrogens is 318 g/mol. The zero-order valence-electron chi connectivity index (χ0n) is 14.3. The third-order valence-corrected chi connectivity index (χ3v) is 5.43. The Hall–Kier alpha value is -3.13. The normalized spacial score (nSPS) is 14.5. The van der Waals surface area contributed by atoms with Crippen molar-refractivity contribution >= 4 is 32.8 Å². The Bertz CT molecular complexity index is 1280. The topological polar surface area (TPSA) is 26.0 Å². The molecular formula is C24H17NO. The summed E-state index contributed by atoms with van der Waals surface area (Å²) in [4.78, 5) is 4.97. The number of aromatic nitrogens is 1. The number of rotatable bonds is 2. The number of benzene rings is 3. The first-order valence-corrected chi connectivity index (χ1v) is 9.19. The standard InChI is InChI=1S/C24H17NO/c1-2-7-16(8-3-1)22-24-21(18-9-4-5-12-20(18)25-22)19-11-6-10-17(15-13-14-15)23(19)26-24/h1-12,15H,13-14H2. The maximum absolute atomic E-state index is 6.52. The monoisotopic (exact) mass is 335 g/mol. The fraction of sp³-hybridized carbons (Fsp3) is 0.125. The summed E-state index contributed by atoms with van der Waals surface area (Å²) in [6.07, 6.45) is 2.53. The van der Waals surface area contributed by atoms with Gasteiger partial charge in [0.1, 0.15) is 11.3 Å². The molecule has 1 fully saturated rings. The predicted octanol–water partition coefficient (Wildman–Crippen LogP) is 6.68. The van der Waals surface area contributed by atoms with Gasteiger partial charge in [0.2, 0.25) is 0 Å². The quantitative estimate of drug-likeness (QED) is 0.360. The zero-order valence-corrected chi connectivity index (χ0v) is 14.3. The molecule has 26 heavy (non-hydrogen) atoms. The number of pyridine rings is 1. The maximum atomic E-state index is 6.52. The van der Waals surface area contributed by atoms with Crippen LogP contribution in [0.5, 0.6) is 0 Å². The molecule has 0 atom stereocenters. The average molecular weight is 335 g/mol. The van der Waals surface area contributed by atoms with Gasteiger partial charge in [-0.1, -0.05) is 66.7 Å². The van der Waals surface area contributed by atoms with E-state index < -0.39 is 0 Å². The van der Waals surface area contributed by atoms with E-state index >= 15 is 0 Å². The van der Waals surface area contributed by atoms with E-state index in [9.17, 15) is 0 Å². The van der Waals surface area contributed by atoms with Crippen molar-refractivity contribution in [1.82, 2.24) is 4.98 Å². The molecule has 0 aliphatic heterocycles. The van der Waals surface area contributed by atoms with Crippen molar-refractivity contribution in [3.63, 3.8) is 0 Å². The van der Waals surface area contributed by atoms with Gasteiger partial charge in [-0.25, -0.2) is 4.98 Å². The Kier molecular flexibility index (Phi) is 2.81. The molecule has 0 amide bonds. The van der Waals surface area contributed by atoms with Crippen LogP contribution in [0.25, 0.3) is 44.1 Å². The minimum absolute atomic E-state index is 0.652. The molecule has 0 spiro atoms. The van der Waals surface area contributed by atoms with Crippen molar-refractivity contribution in [2.75, 3.05) is 0 Å². The van der Waals surface area contributed by atoms with Gasteiger partial charge in [0.05, 0.1) is 5.52 Å². The zero-order chi connectivity index (χ0) is 17.1. The van der Waals surface area contributed by atoms with Crippen LogP contribution in [0.4, 0.5) is 0 Å². The molecule has 1 saturated carbocycles. The van der Waals surface area contributed by atoms with Crippen LogP contribution >= 0.6 is 0 Å². The molecule has 0 radical (unpaired) electrons. The van der Waals surface area contributed by atoms with Crippen LogP contribution in [-0.2, 0) is 0 Å². The number of hydrogen-bond acceptors (Lipinski definition) is 2. The first-order chi connectivity index (χ1) is 12.9. The van der Waals surface area contributed by atoms with Crippen molar-refractivity contribution in [1.29, 1.82) is 0 Å². The fourth-order valence-corrected chi connectivity index (χ4v) is 4.04. The van der Waals surface area contributed by atoms with Crippen LogP contribution in [0.15, 0.2) is 77.2 Å². The molecule has 0 N–H and O–H groups in total. The van der Waals surface area contributed by atoms with Gasteiger partial charge in [-0.2, -0.15) is 0 Å². The first-order valence-electron chi connectivity index (χ1n) is 9.19. The molecule has 0 saturated heterocycles. The van der Waals surface area contributed by atoms with E-state index in [2.05, 4.69) is 60.7 Å². The molecule has 5 aromatic rings. The Morgan fingerprint density at radius 3 is 2.35 bits per heavy atom. The van der Waals surface area contributed by atoms with Gasteiger partial charge in [-0.3, -0.25) is 0 Å². The second-order valence-corrected chi connectivity index (χ2v) is 7.15. The van der Waals surface area contributed by atoms with Crippen LogP contribution in [0.1, 0.15) is 24.3 Å². The highest BCUT2D eigenvalue weighted by molar-refractivity contribution is 6.21. The Balaban J connectivity index is 1.83. The van der Waals surface area contributed by atoms with Crippen molar-refractivity contribution in [3.05, 3.63) is 78.4 Å². The summed E-state index contributed by atoms with van der Waals surface area (Å²) < 4.78 is 6.52. The van der Waals surface area contributed by atoms with Gasteiger partial charge >= 0.3 is 0 Å². The lowest BCUT2D eigenvalue weighted by atomic mass is 10.0. The van der Waals surface area contributed by atoms with Gasteiger partial charge in [0.15, 0.2) is 5.58 Å². The molecule has 2 heteroatoms. The third-order valence-electron chi connectivity index (χ3n) is 5.43. The Labute approximate surface area is 151 Å². The number of fused-ring (bicyclic) bond motifs is 5. The van der Waals surface area contributed by atoms with E-state index in [-0.39, 0.29) is 0 Å². The van der Waals surface area contributed by atoms with E-state index in [4.69, 9.17) is 9.40 Å². The number of para-hydroxylation sites is 2. The third kappa shape index (κ3) is 1.96. The van der Waals surface area contributed by atoms with Gasteiger partial charge in [-0.15, -0.1) is 0 Å². The molecule has 1 aliphatic rings.